The van der Waals surface area contributed by atoms with Crippen molar-refractivity contribution in [1.82, 2.24) is 4.90 Å². The van der Waals surface area contributed by atoms with Gasteiger partial charge in [-0.1, -0.05) is 15.9 Å². The molecule has 0 unspecified atom stereocenters. The van der Waals surface area contributed by atoms with Gasteiger partial charge in [0.2, 0.25) is 5.91 Å². The number of amides is 2. The summed E-state index contributed by atoms with van der Waals surface area (Å²) in [4.78, 5) is 27.7. The first-order chi connectivity index (χ1) is 13.7. The van der Waals surface area contributed by atoms with Crippen LogP contribution < -0.4 is 14.8 Å². The SMILES string of the molecule is COc1cc(NC(=O)CSc2cc(C)c(Br)cc2C)c(C(=O)N(C)C)cc1OC. The first-order valence-corrected chi connectivity index (χ1v) is 10.6. The molecule has 0 aromatic heterocycles. The minimum Gasteiger partial charge on any atom is -0.493 e. The smallest absolute Gasteiger partial charge is 0.255 e. The Labute approximate surface area is 184 Å². The largest absolute Gasteiger partial charge is 0.493 e. The summed E-state index contributed by atoms with van der Waals surface area (Å²) in [6.07, 6.45) is 0. The molecule has 2 amide bonds. The monoisotopic (exact) mass is 480 g/mol. The normalized spacial score (nSPS) is 10.4. The second-order valence-electron chi connectivity index (χ2n) is 6.66. The predicted octanol–water partition coefficient (Wildman–Crippen LogP) is 4.52. The fourth-order valence-electron chi connectivity index (χ4n) is 2.64. The van der Waals surface area contributed by atoms with Crippen molar-refractivity contribution in [3.05, 3.63) is 45.4 Å². The standard InChI is InChI=1S/C21H25BrN2O4S/c1-12-8-19(13(2)7-15(12)22)29-11-20(25)23-16-10-18(28-6)17(27-5)9-14(16)21(26)24(3)4/h7-10H,11H2,1-6H3,(H,23,25). The molecule has 0 bridgehead atoms. The van der Waals surface area contributed by atoms with Crippen molar-refractivity contribution < 1.29 is 19.1 Å². The number of nitrogens with one attached hydrogen (secondary N) is 1. The molecule has 2 aromatic rings. The Hall–Kier alpha value is -2.19. The third-order valence-electron chi connectivity index (χ3n) is 4.25. The Bertz CT molecular complexity index is 931. The van der Waals surface area contributed by atoms with E-state index in [0.29, 0.717) is 22.7 Å². The van der Waals surface area contributed by atoms with Gasteiger partial charge in [-0.25, -0.2) is 0 Å². The summed E-state index contributed by atoms with van der Waals surface area (Å²) >= 11 is 4.97. The molecule has 1 N–H and O–H groups in total. The molecule has 6 nitrogen and oxygen atoms in total. The molecule has 0 spiro atoms. The maximum absolute atomic E-state index is 12.6. The van der Waals surface area contributed by atoms with Crippen LogP contribution in [0.5, 0.6) is 11.5 Å². The van der Waals surface area contributed by atoms with Crippen LogP contribution in [0.4, 0.5) is 5.69 Å². The summed E-state index contributed by atoms with van der Waals surface area (Å²) in [6.45, 7) is 4.02. The Morgan fingerprint density at radius 3 is 2.24 bits per heavy atom. The minimum atomic E-state index is -0.242. The highest BCUT2D eigenvalue weighted by Gasteiger charge is 2.20. The zero-order valence-corrected chi connectivity index (χ0v) is 19.8. The van der Waals surface area contributed by atoms with Gasteiger partial charge in [-0.3, -0.25) is 9.59 Å². The van der Waals surface area contributed by atoms with E-state index < -0.39 is 0 Å². The van der Waals surface area contributed by atoms with Crippen molar-refractivity contribution in [2.75, 3.05) is 39.4 Å². The first kappa shape index (κ1) is 23.1. The fraction of sp³-hybridized carbons (Fsp3) is 0.333. The zero-order valence-electron chi connectivity index (χ0n) is 17.4. The van der Waals surface area contributed by atoms with Gasteiger partial charge in [-0.15, -0.1) is 11.8 Å². The van der Waals surface area contributed by atoms with Crippen molar-refractivity contribution >= 4 is 45.2 Å². The molecule has 0 aliphatic rings. The van der Waals surface area contributed by atoms with Crippen LogP contribution in [0.3, 0.4) is 0 Å². The summed E-state index contributed by atoms with van der Waals surface area (Å²) in [5.41, 5.74) is 2.92. The van der Waals surface area contributed by atoms with E-state index >= 15 is 0 Å². The van der Waals surface area contributed by atoms with Crippen LogP contribution in [-0.2, 0) is 4.79 Å². The van der Waals surface area contributed by atoms with E-state index in [9.17, 15) is 9.59 Å². The number of methoxy groups -OCH3 is 2. The number of hydrogen-bond acceptors (Lipinski definition) is 5. The van der Waals surface area contributed by atoms with Crippen LogP contribution in [0, 0.1) is 13.8 Å². The quantitative estimate of drug-likeness (QED) is 0.590. The van der Waals surface area contributed by atoms with E-state index in [0.717, 1.165) is 20.5 Å². The molecule has 8 heteroatoms. The highest BCUT2D eigenvalue weighted by Crippen LogP contribution is 2.34. The maximum atomic E-state index is 12.6. The fourth-order valence-corrected chi connectivity index (χ4v) is 4.00. The average molecular weight is 481 g/mol. The topological polar surface area (TPSA) is 67.9 Å². The summed E-state index contributed by atoms with van der Waals surface area (Å²) in [7, 11) is 6.31. The molecule has 0 heterocycles. The first-order valence-electron chi connectivity index (χ1n) is 8.85. The van der Waals surface area contributed by atoms with Gasteiger partial charge in [0.1, 0.15) is 0 Å². The molecule has 0 aliphatic carbocycles. The number of benzene rings is 2. The number of aryl methyl sites for hydroxylation is 2. The summed E-state index contributed by atoms with van der Waals surface area (Å²) in [6, 6.07) is 7.27. The average Bonchev–Trinajstić information content (AvgIpc) is 2.68. The molecule has 156 valence electrons. The molecule has 2 rings (SSSR count). The van der Waals surface area contributed by atoms with E-state index in [4.69, 9.17) is 9.47 Å². The van der Waals surface area contributed by atoms with Crippen LogP contribution in [0.25, 0.3) is 0 Å². The second-order valence-corrected chi connectivity index (χ2v) is 8.53. The third-order valence-corrected chi connectivity index (χ3v) is 6.26. The molecule has 0 radical (unpaired) electrons. The highest BCUT2D eigenvalue weighted by molar-refractivity contribution is 9.10. The van der Waals surface area contributed by atoms with Gasteiger partial charge in [0.25, 0.3) is 5.91 Å². The summed E-state index contributed by atoms with van der Waals surface area (Å²) < 4.78 is 11.6. The molecular weight excluding hydrogens is 456 g/mol. The highest BCUT2D eigenvalue weighted by atomic mass is 79.9. The molecule has 0 fully saturated rings. The van der Waals surface area contributed by atoms with Crippen molar-refractivity contribution in [3.8, 4) is 11.5 Å². The predicted molar refractivity (Wildman–Crippen MR) is 121 cm³/mol. The van der Waals surface area contributed by atoms with Crippen molar-refractivity contribution in [2.24, 2.45) is 0 Å². The Balaban J connectivity index is 2.24. The van der Waals surface area contributed by atoms with Crippen LogP contribution in [-0.4, -0.2) is 50.8 Å². The molecular formula is C21H25BrN2O4S. The number of hydrogen-bond donors (Lipinski definition) is 1. The lowest BCUT2D eigenvalue weighted by Gasteiger charge is -2.18. The van der Waals surface area contributed by atoms with E-state index in [1.807, 2.05) is 19.9 Å². The lowest BCUT2D eigenvalue weighted by atomic mass is 10.1. The summed E-state index contributed by atoms with van der Waals surface area (Å²) in [5.74, 6) is 0.616. The lowest BCUT2D eigenvalue weighted by Crippen LogP contribution is -2.24. The number of carbonyl (C=O) groups excluding carboxylic acids is 2. The van der Waals surface area contributed by atoms with Crippen LogP contribution in [0.2, 0.25) is 0 Å². The molecule has 0 atom stereocenters. The van der Waals surface area contributed by atoms with E-state index in [1.54, 1.807) is 26.2 Å². The minimum absolute atomic E-state index is 0.213. The van der Waals surface area contributed by atoms with Crippen LogP contribution in [0.1, 0.15) is 21.5 Å². The number of anilines is 1. The third kappa shape index (κ3) is 5.67. The molecule has 0 saturated carbocycles. The zero-order chi connectivity index (χ0) is 21.7. The van der Waals surface area contributed by atoms with Crippen molar-refractivity contribution in [2.45, 2.75) is 18.7 Å². The second kappa shape index (κ2) is 10.0. The molecule has 29 heavy (non-hydrogen) atoms. The Morgan fingerprint density at radius 1 is 1.03 bits per heavy atom. The number of ether oxygens (including phenoxy) is 2. The molecule has 0 saturated heterocycles. The van der Waals surface area contributed by atoms with Gasteiger partial charge < -0.3 is 19.7 Å². The van der Waals surface area contributed by atoms with Gasteiger partial charge in [0.15, 0.2) is 11.5 Å². The Morgan fingerprint density at radius 2 is 1.66 bits per heavy atom. The van der Waals surface area contributed by atoms with Gasteiger partial charge in [0, 0.05) is 29.5 Å². The van der Waals surface area contributed by atoms with Crippen molar-refractivity contribution in [1.29, 1.82) is 0 Å². The van der Waals surface area contributed by atoms with Crippen molar-refractivity contribution in [3.63, 3.8) is 0 Å². The number of nitrogens with zero attached hydrogens (tertiary/aromatic N) is 1. The maximum Gasteiger partial charge on any atom is 0.255 e. The molecule has 2 aromatic carbocycles. The molecule has 0 aliphatic heterocycles. The van der Waals surface area contributed by atoms with Gasteiger partial charge >= 0.3 is 0 Å². The van der Waals surface area contributed by atoms with E-state index in [-0.39, 0.29) is 17.6 Å². The van der Waals surface area contributed by atoms with E-state index in [1.165, 1.54) is 30.9 Å². The van der Waals surface area contributed by atoms with E-state index in [2.05, 4.69) is 27.3 Å². The number of thioether (sulfide) groups is 1. The Kier molecular flexibility index (Phi) is 7.98. The van der Waals surface area contributed by atoms with Gasteiger partial charge in [-0.05, 0) is 43.2 Å². The van der Waals surface area contributed by atoms with Gasteiger partial charge in [-0.2, -0.15) is 0 Å². The number of carbonyl (C=O) groups is 2. The number of rotatable bonds is 7. The van der Waals surface area contributed by atoms with Gasteiger partial charge in [0.05, 0.1) is 31.2 Å². The van der Waals surface area contributed by atoms with Crippen LogP contribution >= 0.6 is 27.7 Å². The lowest BCUT2D eigenvalue weighted by molar-refractivity contribution is -0.113. The summed E-state index contributed by atoms with van der Waals surface area (Å²) in [5, 5.41) is 2.84. The van der Waals surface area contributed by atoms with Crippen LogP contribution in [0.15, 0.2) is 33.6 Å². The number of halogens is 1.